The number of nitrogens with zero attached hydrogens (tertiary/aromatic N) is 1. The molecule has 0 atom stereocenters. The highest BCUT2D eigenvalue weighted by molar-refractivity contribution is 9.10. The van der Waals surface area contributed by atoms with E-state index in [0.29, 0.717) is 11.8 Å². The highest BCUT2D eigenvalue weighted by Crippen LogP contribution is 2.37. The van der Waals surface area contributed by atoms with Crippen LogP contribution in [0.25, 0.3) is 0 Å². The van der Waals surface area contributed by atoms with Gasteiger partial charge in [-0.2, -0.15) is 26.3 Å². The number of thioether (sulfide) groups is 1. The van der Waals surface area contributed by atoms with Gasteiger partial charge in [0.25, 0.3) is 0 Å². The Kier molecular flexibility index (Phi) is 6.31. The second-order valence-corrected chi connectivity index (χ2v) is 5.92. The minimum absolute atomic E-state index is 0.0169. The number of alkyl halides is 6. The van der Waals surface area contributed by atoms with Crippen LogP contribution in [0.15, 0.2) is 26.5 Å². The fraction of sp³-hybridized carbons (Fsp3) is 0.417. The maximum atomic E-state index is 13.7. The van der Waals surface area contributed by atoms with Crippen LogP contribution in [0.1, 0.15) is 13.3 Å². The van der Waals surface area contributed by atoms with E-state index in [1.54, 1.807) is 0 Å². The molecule has 1 nitrogen and oxygen atoms in total. The Morgan fingerprint density at radius 2 is 1.77 bits per heavy atom. The summed E-state index contributed by atoms with van der Waals surface area (Å²) >= 11 is 3.20. The van der Waals surface area contributed by atoms with Gasteiger partial charge < -0.3 is 0 Å². The third kappa shape index (κ3) is 5.79. The molecular formula is C12H9BrF7NS. The molecule has 1 aromatic rings. The van der Waals surface area contributed by atoms with Crippen molar-refractivity contribution in [1.82, 2.24) is 0 Å². The van der Waals surface area contributed by atoms with Gasteiger partial charge in [0.05, 0.1) is 5.75 Å². The number of hydrogen-bond acceptors (Lipinski definition) is 2. The van der Waals surface area contributed by atoms with Crippen molar-refractivity contribution in [3.8, 4) is 0 Å². The first kappa shape index (κ1) is 19.3. The van der Waals surface area contributed by atoms with E-state index in [-0.39, 0.29) is 9.37 Å². The summed E-state index contributed by atoms with van der Waals surface area (Å²) in [6, 6.07) is 1.65. The van der Waals surface area contributed by atoms with Gasteiger partial charge in [-0.05, 0) is 34.5 Å². The fourth-order valence-corrected chi connectivity index (χ4v) is 2.73. The summed E-state index contributed by atoms with van der Waals surface area (Å²) in [4.78, 5) is 3.15. The van der Waals surface area contributed by atoms with Crippen molar-refractivity contribution in [1.29, 1.82) is 0 Å². The summed E-state index contributed by atoms with van der Waals surface area (Å²) in [5, 5.41) is 0. The van der Waals surface area contributed by atoms with E-state index < -0.39 is 41.7 Å². The Labute approximate surface area is 134 Å². The molecule has 0 heterocycles. The Morgan fingerprint density at radius 1 is 1.18 bits per heavy atom. The first-order chi connectivity index (χ1) is 9.94. The standard InChI is InChI=1S/C12H9BrF7NS/c1-2-10(12(18,19)20)21-8-4-9(6(13)3-7(8)14)22-5-11(15,16)17/h3-4H,2,5H2,1H3. The van der Waals surface area contributed by atoms with Crippen LogP contribution in [-0.2, 0) is 0 Å². The predicted octanol–water partition coefficient (Wildman–Crippen LogP) is 6.29. The molecule has 1 rings (SSSR count). The number of benzene rings is 1. The quantitative estimate of drug-likeness (QED) is 0.322. The second kappa shape index (κ2) is 7.20. The largest absolute Gasteiger partial charge is 0.429 e. The molecule has 0 saturated carbocycles. The van der Waals surface area contributed by atoms with Gasteiger partial charge in [-0.3, -0.25) is 0 Å². The van der Waals surface area contributed by atoms with E-state index in [1.807, 2.05) is 0 Å². The van der Waals surface area contributed by atoms with Crippen molar-refractivity contribution in [2.24, 2.45) is 4.99 Å². The molecular weight excluding hydrogens is 403 g/mol. The van der Waals surface area contributed by atoms with E-state index in [9.17, 15) is 30.7 Å². The molecule has 10 heteroatoms. The van der Waals surface area contributed by atoms with Crippen molar-refractivity contribution in [3.63, 3.8) is 0 Å². The molecule has 0 aliphatic rings. The number of halogens is 8. The average Bonchev–Trinajstić information content (AvgIpc) is 2.33. The smallest absolute Gasteiger partial charge is 0.245 e. The topological polar surface area (TPSA) is 12.4 Å². The van der Waals surface area contributed by atoms with Gasteiger partial charge in [-0.15, -0.1) is 11.8 Å². The summed E-state index contributed by atoms with van der Waals surface area (Å²) in [7, 11) is 0. The highest BCUT2D eigenvalue weighted by atomic mass is 79.9. The summed E-state index contributed by atoms with van der Waals surface area (Å²) in [5.74, 6) is -2.31. The highest BCUT2D eigenvalue weighted by Gasteiger charge is 2.34. The monoisotopic (exact) mass is 411 g/mol. The lowest BCUT2D eigenvalue weighted by Crippen LogP contribution is -2.21. The van der Waals surface area contributed by atoms with Gasteiger partial charge in [-0.25, -0.2) is 9.38 Å². The van der Waals surface area contributed by atoms with Crippen molar-refractivity contribution in [2.75, 3.05) is 5.75 Å². The summed E-state index contributed by atoms with van der Waals surface area (Å²) in [6.45, 7) is 1.20. The number of hydrogen-bond donors (Lipinski definition) is 0. The van der Waals surface area contributed by atoms with Gasteiger partial charge in [0, 0.05) is 9.37 Å². The van der Waals surface area contributed by atoms with Gasteiger partial charge >= 0.3 is 12.4 Å². The Morgan fingerprint density at radius 3 is 2.23 bits per heavy atom. The van der Waals surface area contributed by atoms with Crippen LogP contribution in [0, 0.1) is 5.82 Å². The lowest BCUT2D eigenvalue weighted by Gasteiger charge is -2.11. The van der Waals surface area contributed by atoms with Gasteiger partial charge in [0.15, 0.2) is 0 Å². The molecule has 0 saturated heterocycles. The molecule has 0 bridgehead atoms. The molecule has 0 N–H and O–H groups in total. The third-order valence-corrected chi connectivity index (χ3v) is 4.35. The average molecular weight is 412 g/mol. The normalized spacial score (nSPS) is 13.6. The van der Waals surface area contributed by atoms with E-state index in [0.717, 1.165) is 12.1 Å². The summed E-state index contributed by atoms with van der Waals surface area (Å²) < 4.78 is 88.0. The summed E-state index contributed by atoms with van der Waals surface area (Å²) in [6.07, 6.45) is -9.67. The van der Waals surface area contributed by atoms with E-state index in [4.69, 9.17) is 0 Å². The van der Waals surface area contributed by atoms with Gasteiger partial charge in [-0.1, -0.05) is 6.92 Å². The third-order valence-electron chi connectivity index (χ3n) is 2.31. The zero-order valence-electron chi connectivity index (χ0n) is 10.9. The molecule has 124 valence electrons. The Hall–Kier alpha value is -0.770. The first-order valence-electron chi connectivity index (χ1n) is 5.77. The molecule has 22 heavy (non-hydrogen) atoms. The van der Waals surface area contributed by atoms with Crippen molar-refractivity contribution < 1.29 is 30.7 Å². The minimum atomic E-state index is -4.73. The SMILES string of the molecule is CCC(=Nc1cc(SCC(F)(F)F)c(Br)cc1F)C(F)(F)F. The van der Waals surface area contributed by atoms with Crippen LogP contribution in [-0.4, -0.2) is 23.8 Å². The Balaban J connectivity index is 3.19. The first-order valence-corrected chi connectivity index (χ1v) is 7.55. The molecule has 0 fully saturated rings. The molecule has 0 radical (unpaired) electrons. The Bertz CT molecular complexity index is 566. The van der Waals surface area contributed by atoms with E-state index in [1.165, 1.54) is 6.92 Å². The van der Waals surface area contributed by atoms with Crippen LogP contribution in [0.3, 0.4) is 0 Å². The van der Waals surface area contributed by atoms with Crippen LogP contribution in [0.2, 0.25) is 0 Å². The lowest BCUT2D eigenvalue weighted by molar-refractivity contribution is -0.105. The van der Waals surface area contributed by atoms with Crippen LogP contribution in [0.5, 0.6) is 0 Å². The molecule has 0 aliphatic heterocycles. The van der Waals surface area contributed by atoms with Crippen molar-refractivity contribution >= 4 is 39.1 Å². The fourth-order valence-electron chi connectivity index (χ4n) is 1.36. The minimum Gasteiger partial charge on any atom is -0.245 e. The van der Waals surface area contributed by atoms with Gasteiger partial charge in [0.2, 0.25) is 0 Å². The van der Waals surface area contributed by atoms with E-state index >= 15 is 0 Å². The van der Waals surface area contributed by atoms with E-state index in [2.05, 4.69) is 20.9 Å². The zero-order valence-corrected chi connectivity index (χ0v) is 13.4. The molecule has 1 aromatic carbocycles. The number of rotatable bonds is 4. The van der Waals surface area contributed by atoms with Crippen LogP contribution < -0.4 is 0 Å². The van der Waals surface area contributed by atoms with Crippen LogP contribution >= 0.6 is 27.7 Å². The second-order valence-electron chi connectivity index (χ2n) is 4.05. The van der Waals surface area contributed by atoms with Crippen molar-refractivity contribution in [3.05, 3.63) is 22.4 Å². The number of aliphatic imine (C=N–C) groups is 1. The molecule has 0 aliphatic carbocycles. The molecule has 0 spiro atoms. The molecule has 0 amide bonds. The van der Waals surface area contributed by atoms with Crippen molar-refractivity contribution in [2.45, 2.75) is 30.6 Å². The molecule has 0 unspecified atom stereocenters. The maximum absolute atomic E-state index is 13.7. The molecule has 0 aromatic heterocycles. The maximum Gasteiger partial charge on any atom is 0.429 e. The summed E-state index contributed by atoms with van der Waals surface area (Å²) in [5.41, 5.74) is -1.86. The zero-order chi connectivity index (χ0) is 17.1. The van der Waals surface area contributed by atoms with Gasteiger partial charge in [0.1, 0.15) is 17.2 Å². The predicted molar refractivity (Wildman–Crippen MR) is 74.3 cm³/mol. The van der Waals surface area contributed by atoms with Crippen LogP contribution in [0.4, 0.5) is 36.4 Å². The lowest BCUT2D eigenvalue weighted by atomic mass is 10.2.